The molecule has 2 aromatic rings. The van der Waals surface area contributed by atoms with Gasteiger partial charge in [0.2, 0.25) is 10.0 Å². The van der Waals surface area contributed by atoms with E-state index >= 15 is 0 Å². The Kier molecular flexibility index (Phi) is 4.41. The van der Waals surface area contributed by atoms with Gasteiger partial charge in [-0.3, -0.25) is 0 Å². The van der Waals surface area contributed by atoms with Gasteiger partial charge in [0.05, 0.1) is 10.5 Å². The van der Waals surface area contributed by atoms with E-state index < -0.39 is 10.0 Å². The van der Waals surface area contributed by atoms with E-state index in [2.05, 4.69) is 4.72 Å². The number of sulfonamides is 1. The van der Waals surface area contributed by atoms with Crippen molar-refractivity contribution in [2.75, 3.05) is 0 Å². The van der Waals surface area contributed by atoms with Crippen LogP contribution in [0.4, 0.5) is 0 Å². The highest BCUT2D eigenvalue weighted by Gasteiger charge is 2.17. The summed E-state index contributed by atoms with van der Waals surface area (Å²) in [6, 6.07) is 14.0. The fraction of sp³-hybridized carbons (Fsp3) is 0.188. The van der Waals surface area contributed by atoms with Gasteiger partial charge in [0.15, 0.2) is 0 Å². The van der Waals surface area contributed by atoms with E-state index in [-0.39, 0.29) is 17.0 Å². The number of nitrogens with zero attached hydrogens (tertiary/aromatic N) is 1. The van der Waals surface area contributed by atoms with Gasteiger partial charge in [0.1, 0.15) is 6.07 Å². The molecule has 0 aliphatic heterocycles. The smallest absolute Gasteiger partial charge is 0.207 e. The lowest BCUT2D eigenvalue weighted by atomic mass is 10.1. The summed E-state index contributed by atoms with van der Waals surface area (Å²) in [5.74, 6) is 0. The first-order valence-electron chi connectivity index (χ1n) is 6.48. The van der Waals surface area contributed by atoms with Crippen LogP contribution in [0, 0.1) is 25.2 Å². The van der Waals surface area contributed by atoms with Gasteiger partial charge in [-0.25, -0.2) is 13.1 Å². The molecule has 108 valence electrons. The van der Waals surface area contributed by atoms with Crippen LogP contribution in [-0.4, -0.2) is 8.42 Å². The molecule has 0 bridgehead atoms. The summed E-state index contributed by atoms with van der Waals surface area (Å²) in [6.07, 6.45) is 0. The maximum Gasteiger partial charge on any atom is 0.242 e. The van der Waals surface area contributed by atoms with E-state index in [1.54, 1.807) is 12.1 Å². The first-order chi connectivity index (χ1) is 9.92. The van der Waals surface area contributed by atoms with Crippen molar-refractivity contribution in [1.82, 2.24) is 4.72 Å². The minimum absolute atomic E-state index is 0.0110. The Morgan fingerprint density at radius 2 is 1.71 bits per heavy atom. The van der Waals surface area contributed by atoms with Crippen molar-refractivity contribution in [2.45, 2.75) is 25.3 Å². The highest BCUT2D eigenvalue weighted by molar-refractivity contribution is 7.89. The zero-order chi connectivity index (χ0) is 15.5. The van der Waals surface area contributed by atoms with Crippen molar-refractivity contribution < 1.29 is 8.42 Å². The second kappa shape index (κ2) is 6.08. The number of aryl methyl sites for hydroxylation is 2. The Labute approximate surface area is 125 Å². The number of hydrogen-bond donors (Lipinski definition) is 1. The molecule has 0 spiro atoms. The molecule has 4 nitrogen and oxygen atoms in total. The van der Waals surface area contributed by atoms with Crippen molar-refractivity contribution in [3.05, 3.63) is 64.7 Å². The quantitative estimate of drug-likeness (QED) is 0.943. The molecule has 21 heavy (non-hydrogen) atoms. The highest BCUT2D eigenvalue weighted by Crippen LogP contribution is 2.15. The lowest BCUT2D eigenvalue weighted by molar-refractivity contribution is 0.581. The standard InChI is InChI=1S/C16H16N2O2S/c1-12-7-13(2)9-14(8-12)11-18-21(19,20)16-6-4-3-5-15(16)10-17/h3-9,18H,11H2,1-2H3. The molecule has 0 amide bonds. The number of rotatable bonds is 4. The maximum absolute atomic E-state index is 12.3. The largest absolute Gasteiger partial charge is 0.242 e. The third-order valence-electron chi connectivity index (χ3n) is 3.04. The van der Waals surface area contributed by atoms with Crippen LogP contribution in [0.3, 0.4) is 0 Å². The van der Waals surface area contributed by atoms with Crippen LogP contribution in [0.1, 0.15) is 22.3 Å². The first-order valence-corrected chi connectivity index (χ1v) is 7.96. The average Bonchev–Trinajstić information content (AvgIpc) is 2.44. The zero-order valence-electron chi connectivity index (χ0n) is 11.9. The third kappa shape index (κ3) is 3.69. The van der Waals surface area contributed by atoms with Gasteiger partial charge in [-0.1, -0.05) is 41.5 Å². The molecule has 1 N–H and O–H groups in total. The summed E-state index contributed by atoms with van der Waals surface area (Å²) < 4.78 is 27.1. The molecular weight excluding hydrogens is 284 g/mol. The molecule has 0 aliphatic rings. The number of benzene rings is 2. The molecule has 0 atom stereocenters. The van der Waals surface area contributed by atoms with Crippen LogP contribution in [0.25, 0.3) is 0 Å². The molecular formula is C16H16N2O2S. The van der Waals surface area contributed by atoms with E-state index in [9.17, 15) is 8.42 Å². The third-order valence-corrected chi connectivity index (χ3v) is 4.50. The SMILES string of the molecule is Cc1cc(C)cc(CNS(=O)(=O)c2ccccc2C#N)c1. The second-order valence-electron chi connectivity index (χ2n) is 4.93. The minimum atomic E-state index is -3.70. The molecule has 0 fully saturated rings. The first kappa shape index (κ1) is 15.2. The maximum atomic E-state index is 12.3. The van der Waals surface area contributed by atoms with Gasteiger partial charge < -0.3 is 0 Å². The van der Waals surface area contributed by atoms with E-state index in [1.807, 2.05) is 38.1 Å². The Bertz CT molecular complexity index is 785. The molecule has 0 aromatic heterocycles. The Morgan fingerprint density at radius 1 is 1.10 bits per heavy atom. The summed E-state index contributed by atoms with van der Waals surface area (Å²) in [5.41, 5.74) is 3.21. The molecule has 5 heteroatoms. The normalized spacial score (nSPS) is 11.1. The van der Waals surface area contributed by atoms with Crippen molar-refractivity contribution >= 4 is 10.0 Å². The summed E-state index contributed by atoms with van der Waals surface area (Å²) in [7, 11) is -3.70. The molecule has 2 rings (SSSR count). The van der Waals surface area contributed by atoms with Crippen molar-refractivity contribution in [3.63, 3.8) is 0 Å². The van der Waals surface area contributed by atoms with E-state index in [4.69, 9.17) is 5.26 Å². The molecule has 2 aromatic carbocycles. The van der Waals surface area contributed by atoms with Crippen LogP contribution < -0.4 is 4.72 Å². The van der Waals surface area contributed by atoms with Crippen LogP contribution >= 0.6 is 0 Å². The van der Waals surface area contributed by atoms with Gasteiger partial charge in [-0.05, 0) is 31.5 Å². The second-order valence-corrected chi connectivity index (χ2v) is 6.66. The Hall–Kier alpha value is -2.16. The van der Waals surface area contributed by atoms with Crippen molar-refractivity contribution in [2.24, 2.45) is 0 Å². The summed E-state index contributed by atoms with van der Waals surface area (Å²) in [5, 5.41) is 9.00. The Morgan fingerprint density at radius 3 is 2.33 bits per heavy atom. The molecule has 0 radical (unpaired) electrons. The number of nitriles is 1. The number of hydrogen-bond acceptors (Lipinski definition) is 3. The van der Waals surface area contributed by atoms with Crippen LogP contribution in [0.15, 0.2) is 47.4 Å². The predicted molar refractivity (Wildman–Crippen MR) is 81.1 cm³/mol. The zero-order valence-corrected chi connectivity index (χ0v) is 12.7. The summed E-state index contributed by atoms with van der Waals surface area (Å²) >= 11 is 0. The molecule has 0 saturated heterocycles. The molecule has 0 saturated carbocycles. The van der Waals surface area contributed by atoms with Gasteiger partial charge >= 0.3 is 0 Å². The molecule has 0 aliphatic carbocycles. The molecule has 0 unspecified atom stereocenters. The van der Waals surface area contributed by atoms with Crippen molar-refractivity contribution in [3.8, 4) is 6.07 Å². The van der Waals surface area contributed by atoms with Crippen molar-refractivity contribution in [1.29, 1.82) is 5.26 Å². The monoisotopic (exact) mass is 300 g/mol. The minimum Gasteiger partial charge on any atom is -0.207 e. The van der Waals surface area contributed by atoms with Crippen LogP contribution in [0.2, 0.25) is 0 Å². The van der Waals surface area contributed by atoms with Gasteiger partial charge in [0.25, 0.3) is 0 Å². The fourth-order valence-corrected chi connectivity index (χ4v) is 3.39. The average molecular weight is 300 g/mol. The van der Waals surface area contributed by atoms with E-state index in [0.29, 0.717) is 0 Å². The van der Waals surface area contributed by atoms with Gasteiger partial charge in [0, 0.05) is 6.54 Å². The predicted octanol–water partition coefficient (Wildman–Crippen LogP) is 2.65. The van der Waals surface area contributed by atoms with Crippen LogP contribution in [-0.2, 0) is 16.6 Å². The highest BCUT2D eigenvalue weighted by atomic mass is 32.2. The van der Waals surface area contributed by atoms with Crippen LogP contribution in [0.5, 0.6) is 0 Å². The lowest BCUT2D eigenvalue weighted by Gasteiger charge is -2.09. The lowest BCUT2D eigenvalue weighted by Crippen LogP contribution is -2.24. The van der Waals surface area contributed by atoms with Gasteiger partial charge in [-0.2, -0.15) is 5.26 Å². The number of nitrogens with one attached hydrogen (secondary N) is 1. The fourth-order valence-electron chi connectivity index (χ4n) is 2.22. The van der Waals surface area contributed by atoms with E-state index in [1.165, 1.54) is 12.1 Å². The topological polar surface area (TPSA) is 70.0 Å². The van der Waals surface area contributed by atoms with E-state index in [0.717, 1.165) is 16.7 Å². The Balaban J connectivity index is 2.24. The molecule has 0 heterocycles. The summed E-state index contributed by atoms with van der Waals surface area (Å²) in [4.78, 5) is 0.0110. The summed E-state index contributed by atoms with van der Waals surface area (Å²) in [6.45, 7) is 4.14. The van der Waals surface area contributed by atoms with Gasteiger partial charge in [-0.15, -0.1) is 0 Å².